The summed E-state index contributed by atoms with van der Waals surface area (Å²) in [5.41, 5.74) is 6.07. The van der Waals surface area contributed by atoms with E-state index in [1.54, 1.807) is 11.1 Å². The largest absolute Gasteiger partial charge is 0.0804 e. The van der Waals surface area contributed by atoms with Crippen molar-refractivity contribution in [3.63, 3.8) is 0 Å². The molecule has 0 N–H and O–H groups in total. The van der Waals surface area contributed by atoms with Crippen molar-refractivity contribution < 1.29 is 0 Å². The van der Waals surface area contributed by atoms with Crippen LogP contribution >= 0.6 is 0 Å². The van der Waals surface area contributed by atoms with E-state index in [9.17, 15) is 0 Å². The minimum absolute atomic E-state index is 0.735. The molecule has 0 heterocycles. The Morgan fingerprint density at radius 1 is 0.923 bits per heavy atom. The predicted molar refractivity (Wildman–Crippen MR) is 55.2 cm³/mol. The molecule has 13 heavy (non-hydrogen) atoms. The van der Waals surface area contributed by atoms with Gasteiger partial charge in [0.2, 0.25) is 0 Å². The first-order valence-electron chi connectivity index (χ1n) is 5.05. The lowest BCUT2D eigenvalue weighted by Crippen LogP contribution is -1.95. The van der Waals surface area contributed by atoms with Gasteiger partial charge >= 0.3 is 0 Å². The van der Waals surface area contributed by atoms with E-state index in [-0.39, 0.29) is 0 Å². The van der Waals surface area contributed by atoms with Gasteiger partial charge in [-0.25, -0.2) is 0 Å². The van der Waals surface area contributed by atoms with Crippen molar-refractivity contribution in [2.75, 3.05) is 0 Å². The Kier molecular flexibility index (Phi) is 1.28. The maximum Gasteiger partial charge on any atom is 0.00300 e. The van der Waals surface area contributed by atoms with Gasteiger partial charge in [-0.1, -0.05) is 24.3 Å². The summed E-state index contributed by atoms with van der Waals surface area (Å²) >= 11 is 0. The van der Waals surface area contributed by atoms with E-state index in [1.807, 2.05) is 0 Å². The maximum absolute atomic E-state index is 2.39. The van der Waals surface area contributed by atoms with Crippen LogP contribution in [0, 0.1) is 13.8 Å². The molecular formula is C13H14. The van der Waals surface area contributed by atoms with Crippen LogP contribution < -0.4 is 0 Å². The maximum atomic E-state index is 2.39. The van der Waals surface area contributed by atoms with Crippen molar-refractivity contribution in [2.24, 2.45) is 0 Å². The van der Waals surface area contributed by atoms with Crippen molar-refractivity contribution >= 4 is 0 Å². The minimum Gasteiger partial charge on any atom is -0.0804 e. The van der Waals surface area contributed by atoms with Gasteiger partial charge in [-0.05, 0) is 42.5 Å². The van der Waals surface area contributed by atoms with Crippen molar-refractivity contribution in [1.29, 1.82) is 0 Å². The molecule has 2 atom stereocenters. The number of hydrogen-bond donors (Lipinski definition) is 0. The molecule has 2 aliphatic rings. The highest BCUT2D eigenvalue weighted by molar-refractivity contribution is 5.51. The van der Waals surface area contributed by atoms with E-state index in [0.29, 0.717) is 0 Å². The first-order valence-corrected chi connectivity index (χ1v) is 5.05. The van der Waals surface area contributed by atoms with Crippen molar-refractivity contribution in [2.45, 2.75) is 32.1 Å². The minimum atomic E-state index is 0.735. The molecule has 0 aliphatic heterocycles. The number of hydrogen-bond acceptors (Lipinski definition) is 0. The molecular weight excluding hydrogens is 156 g/mol. The third-order valence-corrected chi connectivity index (χ3v) is 3.58. The number of benzene rings is 1. The second kappa shape index (κ2) is 2.25. The highest BCUT2D eigenvalue weighted by atomic mass is 14.4. The Morgan fingerprint density at radius 2 is 1.38 bits per heavy atom. The lowest BCUT2D eigenvalue weighted by Gasteiger charge is -2.12. The number of allylic oxidation sites excluding steroid dienone is 2. The summed E-state index contributed by atoms with van der Waals surface area (Å²) in [6, 6.07) is 4.78. The zero-order valence-corrected chi connectivity index (χ0v) is 8.17. The molecule has 0 aromatic heterocycles. The molecule has 2 unspecified atom stereocenters. The fourth-order valence-corrected chi connectivity index (χ4v) is 2.66. The molecule has 2 aliphatic carbocycles. The van der Waals surface area contributed by atoms with Gasteiger partial charge in [-0.15, -0.1) is 0 Å². The molecule has 0 saturated heterocycles. The summed E-state index contributed by atoms with van der Waals surface area (Å²) in [5, 5.41) is 0. The molecule has 1 aromatic rings. The van der Waals surface area contributed by atoms with Crippen LogP contribution in [0.1, 0.15) is 40.5 Å². The quantitative estimate of drug-likeness (QED) is 0.523. The summed E-state index contributed by atoms with van der Waals surface area (Å²) in [6.45, 7) is 4.43. The van der Waals surface area contributed by atoms with Crippen molar-refractivity contribution in [3.8, 4) is 0 Å². The molecule has 1 aromatic carbocycles. The number of fused-ring (bicyclic) bond motifs is 5. The van der Waals surface area contributed by atoms with Gasteiger partial charge in [0.15, 0.2) is 0 Å². The van der Waals surface area contributed by atoms with E-state index in [2.05, 4.69) is 38.1 Å². The third kappa shape index (κ3) is 0.861. The van der Waals surface area contributed by atoms with E-state index in [0.717, 1.165) is 11.8 Å². The Morgan fingerprint density at radius 3 is 1.85 bits per heavy atom. The van der Waals surface area contributed by atoms with Gasteiger partial charge in [-0.2, -0.15) is 0 Å². The normalized spacial score (nSPS) is 28.2. The van der Waals surface area contributed by atoms with Crippen LogP contribution in [0.5, 0.6) is 0 Å². The molecule has 3 rings (SSSR count). The Labute approximate surface area is 79.3 Å². The smallest absolute Gasteiger partial charge is 0.00300 e. The lowest BCUT2D eigenvalue weighted by atomic mass is 9.93. The molecule has 0 heteroatoms. The number of rotatable bonds is 0. The Bertz CT molecular complexity index is 362. The van der Waals surface area contributed by atoms with Gasteiger partial charge < -0.3 is 0 Å². The Balaban J connectivity index is 2.25. The zero-order valence-electron chi connectivity index (χ0n) is 8.17. The Hall–Kier alpha value is -1.04. The van der Waals surface area contributed by atoms with Crippen molar-refractivity contribution in [1.82, 2.24) is 0 Å². The summed E-state index contributed by atoms with van der Waals surface area (Å²) in [4.78, 5) is 0. The average Bonchev–Trinajstić information content (AvgIpc) is 2.67. The second-order valence-corrected chi connectivity index (χ2v) is 4.40. The van der Waals surface area contributed by atoms with Gasteiger partial charge in [0.25, 0.3) is 0 Å². The monoisotopic (exact) mass is 170 g/mol. The summed E-state index contributed by atoms with van der Waals surface area (Å²) in [5.74, 6) is 1.47. The summed E-state index contributed by atoms with van der Waals surface area (Å²) in [6.07, 6.45) is 6.09. The van der Waals surface area contributed by atoms with Crippen LogP contribution in [0.2, 0.25) is 0 Å². The zero-order chi connectivity index (χ0) is 9.00. The van der Waals surface area contributed by atoms with Crippen LogP contribution in [-0.2, 0) is 0 Å². The molecule has 0 fully saturated rings. The lowest BCUT2D eigenvalue weighted by molar-refractivity contribution is 0.804. The number of aryl methyl sites for hydroxylation is 2. The predicted octanol–water partition coefficient (Wildman–Crippen LogP) is 3.44. The molecule has 0 spiro atoms. The van der Waals surface area contributed by atoms with Crippen LogP contribution in [0.4, 0.5) is 0 Å². The molecule has 0 saturated carbocycles. The van der Waals surface area contributed by atoms with Crippen LogP contribution in [0.3, 0.4) is 0 Å². The second-order valence-electron chi connectivity index (χ2n) is 4.40. The van der Waals surface area contributed by atoms with E-state index >= 15 is 0 Å². The summed E-state index contributed by atoms with van der Waals surface area (Å²) < 4.78 is 0. The van der Waals surface area contributed by atoms with Crippen LogP contribution in [-0.4, -0.2) is 0 Å². The summed E-state index contributed by atoms with van der Waals surface area (Å²) in [7, 11) is 0. The SMILES string of the molecule is Cc1cc2c(cc1C)C1C=CC2C1. The average molecular weight is 170 g/mol. The van der Waals surface area contributed by atoms with Crippen LogP contribution in [0.25, 0.3) is 0 Å². The van der Waals surface area contributed by atoms with Gasteiger partial charge in [0, 0.05) is 11.8 Å². The fourth-order valence-electron chi connectivity index (χ4n) is 2.66. The molecule has 66 valence electrons. The third-order valence-electron chi connectivity index (χ3n) is 3.58. The molecule has 0 amide bonds. The van der Waals surface area contributed by atoms with Crippen molar-refractivity contribution in [3.05, 3.63) is 46.5 Å². The first kappa shape index (κ1) is 7.37. The van der Waals surface area contributed by atoms with E-state index in [4.69, 9.17) is 0 Å². The fraction of sp³-hybridized carbons (Fsp3) is 0.385. The molecule has 0 radical (unpaired) electrons. The molecule has 2 bridgehead atoms. The highest BCUT2D eigenvalue weighted by Crippen LogP contribution is 2.48. The first-order chi connectivity index (χ1) is 6.25. The standard InChI is InChI=1S/C13H14/c1-8-5-12-10-3-4-11(7-10)13(12)6-9(8)2/h3-6,10-11H,7H2,1-2H3. The van der Waals surface area contributed by atoms with Gasteiger partial charge in [-0.3, -0.25) is 0 Å². The highest BCUT2D eigenvalue weighted by Gasteiger charge is 2.32. The topological polar surface area (TPSA) is 0 Å². The van der Waals surface area contributed by atoms with E-state index < -0.39 is 0 Å². The van der Waals surface area contributed by atoms with Crippen LogP contribution in [0.15, 0.2) is 24.3 Å². The van der Waals surface area contributed by atoms with E-state index in [1.165, 1.54) is 17.5 Å². The van der Waals surface area contributed by atoms with Gasteiger partial charge in [0.05, 0.1) is 0 Å². The molecule has 0 nitrogen and oxygen atoms in total. The van der Waals surface area contributed by atoms with Gasteiger partial charge in [0.1, 0.15) is 0 Å².